The molecule has 0 bridgehead atoms. The molecule has 1 aliphatic carbocycles. The van der Waals surface area contributed by atoms with Crippen molar-refractivity contribution in [2.24, 2.45) is 0 Å². The summed E-state index contributed by atoms with van der Waals surface area (Å²) in [6, 6.07) is 6.04. The number of nitrogens with zero attached hydrogens (tertiary/aromatic N) is 2. The van der Waals surface area contributed by atoms with E-state index in [0.29, 0.717) is 30.0 Å². The van der Waals surface area contributed by atoms with Gasteiger partial charge < -0.3 is 10.6 Å². The van der Waals surface area contributed by atoms with Crippen LogP contribution >= 0.6 is 0 Å². The molecule has 2 N–H and O–H groups in total. The summed E-state index contributed by atoms with van der Waals surface area (Å²) >= 11 is 0. The zero-order valence-corrected chi connectivity index (χ0v) is 22.4. The topological polar surface area (TPSA) is 84.0 Å². The molecule has 202 valence electrons. The van der Waals surface area contributed by atoms with Gasteiger partial charge in [0.05, 0.1) is 0 Å². The van der Waals surface area contributed by atoms with Crippen LogP contribution in [0.25, 0.3) is 0 Å². The van der Waals surface area contributed by atoms with Gasteiger partial charge in [-0.3, -0.25) is 9.59 Å². The van der Waals surface area contributed by atoms with E-state index in [2.05, 4.69) is 33.6 Å². The van der Waals surface area contributed by atoms with Crippen molar-refractivity contribution in [1.29, 1.82) is 0 Å². The molecule has 2 heterocycles. The van der Waals surface area contributed by atoms with Gasteiger partial charge in [-0.15, -0.1) is 0 Å². The Labute approximate surface area is 216 Å². The Kier molecular flexibility index (Phi) is 8.97. The van der Waals surface area contributed by atoms with Crippen molar-refractivity contribution in [3.8, 4) is 0 Å². The number of rotatable bonds is 10. The van der Waals surface area contributed by atoms with Gasteiger partial charge in [-0.1, -0.05) is 20.8 Å². The van der Waals surface area contributed by atoms with Crippen molar-refractivity contribution in [1.82, 2.24) is 20.6 Å². The van der Waals surface area contributed by atoms with Gasteiger partial charge in [0.25, 0.3) is 11.8 Å². The summed E-state index contributed by atoms with van der Waals surface area (Å²) in [6.07, 6.45) is -1.16. The number of halogens is 3. The van der Waals surface area contributed by atoms with Crippen LogP contribution in [0, 0.1) is 0 Å². The van der Waals surface area contributed by atoms with Gasteiger partial charge >= 0.3 is 6.18 Å². The number of carbonyl (C=O) groups excluding carboxylic acids is 2. The van der Waals surface area contributed by atoms with Gasteiger partial charge in [0.2, 0.25) is 0 Å². The number of pyridine rings is 2. The van der Waals surface area contributed by atoms with Crippen molar-refractivity contribution in [3.63, 3.8) is 0 Å². The number of nitrogens with one attached hydrogen (secondary N) is 2. The van der Waals surface area contributed by atoms with E-state index in [0.717, 1.165) is 30.2 Å². The smallest absolute Gasteiger partial charge is 0.349 e. The van der Waals surface area contributed by atoms with E-state index < -0.39 is 17.8 Å². The van der Waals surface area contributed by atoms with E-state index in [1.54, 1.807) is 13.8 Å². The maximum absolute atomic E-state index is 13.3. The molecule has 2 unspecified atom stereocenters. The van der Waals surface area contributed by atoms with Crippen molar-refractivity contribution in [3.05, 3.63) is 58.2 Å². The molecule has 1 fully saturated rings. The largest absolute Gasteiger partial charge is 0.433 e. The molecule has 1 saturated carbocycles. The second-order valence-electron chi connectivity index (χ2n) is 10.8. The number of alkyl halides is 3. The van der Waals surface area contributed by atoms with E-state index >= 15 is 0 Å². The van der Waals surface area contributed by atoms with Crippen LogP contribution in [0.4, 0.5) is 13.2 Å². The van der Waals surface area contributed by atoms with Crippen LogP contribution in [0.5, 0.6) is 0 Å². The Morgan fingerprint density at radius 3 is 2.03 bits per heavy atom. The lowest BCUT2D eigenvalue weighted by Gasteiger charge is -2.19. The summed E-state index contributed by atoms with van der Waals surface area (Å²) in [6.45, 7) is 11.2. The number of aromatic nitrogens is 2. The molecular formula is C28H37F3N4O2. The third kappa shape index (κ3) is 8.01. The predicted octanol–water partition coefficient (Wildman–Crippen LogP) is 6.34. The SMILES string of the molecule is CC(C)NC(=O)c1cc(C(C)CCC(C)NC(=O)c2cc(C(C)C)cc(C(F)(F)F)n2)cc(C2CC2)n1. The lowest BCUT2D eigenvalue weighted by Crippen LogP contribution is -2.34. The predicted molar refractivity (Wildman–Crippen MR) is 137 cm³/mol. The van der Waals surface area contributed by atoms with Crippen LogP contribution in [0.1, 0.15) is 128 Å². The second-order valence-corrected chi connectivity index (χ2v) is 10.8. The highest BCUT2D eigenvalue weighted by molar-refractivity contribution is 5.93. The monoisotopic (exact) mass is 518 g/mol. The normalized spacial score (nSPS) is 15.5. The molecule has 9 heteroatoms. The molecule has 0 aliphatic heterocycles. The molecule has 6 nitrogen and oxygen atoms in total. The molecular weight excluding hydrogens is 481 g/mol. The molecule has 1 aliphatic rings. The van der Waals surface area contributed by atoms with E-state index in [1.165, 1.54) is 6.07 Å². The minimum absolute atomic E-state index is 0.00662. The van der Waals surface area contributed by atoms with Crippen molar-refractivity contribution in [2.45, 2.75) is 103 Å². The minimum Gasteiger partial charge on any atom is -0.349 e. The lowest BCUT2D eigenvalue weighted by molar-refractivity contribution is -0.141. The quantitative estimate of drug-likeness (QED) is 0.385. The number of hydrogen-bond acceptors (Lipinski definition) is 4. The zero-order chi connectivity index (χ0) is 27.5. The first-order valence-electron chi connectivity index (χ1n) is 13.0. The molecule has 0 spiro atoms. The average Bonchev–Trinajstić information content (AvgIpc) is 3.66. The standard InChI is InChI=1S/C28H37F3N4O2/c1-15(2)20-11-24(35-25(14-20)28(29,30)31)27(37)33-18(6)8-7-17(5)21-12-22(19-9-10-19)34-23(13-21)26(36)32-16(3)4/h11-19H,7-10H2,1-6H3,(H,32,36)(H,33,37). The van der Waals surface area contributed by atoms with E-state index in [4.69, 9.17) is 0 Å². The summed E-state index contributed by atoms with van der Waals surface area (Å²) < 4.78 is 39.9. The van der Waals surface area contributed by atoms with E-state index in [1.807, 2.05) is 26.8 Å². The number of hydrogen-bond donors (Lipinski definition) is 2. The number of carbonyl (C=O) groups is 2. The van der Waals surface area contributed by atoms with Crippen LogP contribution in [0.3, 0.4) is 0 Å². The van der Waals surface area contributed by atoms with Gasteiger partial charge in [0.1, 0.15) is 17.1 Å². The summed E-state index contributed by atoms with van der Waals surface area (Å²) in [7, 11) is 0. The number of amides is 2. The Bertz CT molecular complexity index is 1130. The molecule has 2 atom stereocenters. The van der Waals surface area contributed by atoms with Crippen molar-refractivity contribution in [2.75, 3.05) is 0 Å². The van der Waals surface area contributed by atoms with E-state index in [-0.39, 0.29) is 35.5 Å². The Hall–Kier alpha value is -2.97. The average molecular weight is 519 g/mol. The molecule has 0 saturated heterocycles. The van der Waals surface area contributed by atoms with Gasteiger partial charge in [-0.25, -0.2) is 9.97 Å². The highest BCUT2D eigenvalue weighted by Crippen LogP contribution is 2.40. The maximum Gasteiger partial charge on any atom is 0.433 e. The Morgan fingerprint density at radius 2 is 1.46 bits per heavy atom. The zero-order valence-electron chi connectivity index (χ0n) is 22.4. The van der Waals surface area contributed by atoms with Gasteiger partial charge in [0, 0.05) is 23.7 Å². The van der Waals surface area contributed by atoms with Crippen LogP contribution in [0.15, 0.2) is 24.3 Å². The molecule has 37 heavy (non-hydrogen) atoms. The molecule has 0 radical (unpaired) electrons. The second kappa shape index (κ2) is 11.6. The summed E-state index contributed by atoms with van der Waals surface area (Å²) in [5.41, 5.74) is 1.49. The van der Waals surface area contributed by atoms with Gasteiger partial charge in [-0.05, 0) is 93.7 Å². The minimum atomic E-state index is -4.63. The highest BCUT2D eigenvalue weighted by Gasteiger charge is 2.34. The van der Waals surface area contributed by atoms with Crippen molar-refractivity contribution >= 4 is 11.8 Å². The summed E-state index contributed by atoms with van der Waals surface area (Å²) in [5, 5.41) is 5.69. The maximum atomic E-state index is 13.3. The van der Waals surface area contributed by atoms with Crippen molar-refractivity contribution < 1.29 is 22.8 Å². The molecule has 2 aromatic heterocycles. The van der Waals surface area contributed by atoms with Crippen LogP contribution in [0.2, 0.25) is 0 Å². The van der Waals surface area contributed by atoms with Crippen LogP contribution in [-0.4, -0.2) is 33.9 Å². The fourth-order valence-corrected chi connectivity index (χ4v) is 4.08. The first-order valence-corrected chi connectivity index (χ1v) is 13.0. The molecule has 2 aromatic rings. The van der Waals surface area contributed by atoms with Gasteiger partial charge in [0.15, 0.2) is 0 Å². The fraction of sp³-hybridized carbons (Fsp3) is 0.571. The fourth-order valence-electron chi connectivity index (χ4n) is 4.08. The molecule has 2 amide bonds. The Morgan fingerprint density at radius 1 is 0.865 bits per heavy atom. The van der Waals surface area contributed by atoms with Crippen LogP contribution < -0.4 is 10.6 Å². The molecule has 0 aromatic carbocycles. The van der Waals surface area contributed by atoms with Crippen LogP contribution in [-0.2, 0) is 6.18 Å². The first kappa shape index (κ1) is 28.6. The summed E-state index contributed by atoms with van der Waals surface area (Å²) in [5.74, 6) is -0.500. The summed E-state index contributed by atoms with van der Waals surface area (Å²) in [4.78, 5) is 33.5. The van der Waals surface area contributed by atoms with E-state index in [9.17, 15) is 22.8 Å². The molecule has 3 rings (SSSR count). The first-order chi connectivity index (χ1) is 17.2. The Balaban J connectivity index is 1.67. The lowest BCUT2D eigenvalue weighted by atomic mass is 9.93. The third-order valence-electron chi connectivity index (χ3n) is 6.53. The third-order valence-corrected chi connectivity index (χ3v) is 6.53. The highest BCUT2D eigenvalue weighted by atomic mass is 19.4. The van der Waals surface area contributed by atoms with Gasteiger partial charge in [-0.2, -0.15) is 13.2 Å².